The van der Waals surface area contributed by atoms with Gasteiger partial charge in [-0.3, -0.25) is 4.98 Å². The molecule has 4 aromatic rings. The van der Waals surface area contributed by atoms with Crippen molar-refractivity contribution < 1.29 is 14.6 Å². The van der Waals surface area contributed by atoms with Crippen molar-refractivity contribution in [3.8, 4) is 11.1 Å². The molecule has 1 aromatic heterocycles. The van der Waals surface area contributed by atoms with Gasteiger partial charge in [0.25, 0.3) is 0 Å². The summed E-state index contributed by atoms with van der Waals surface area (Å²) in [5.74, 6) is 0. The topological polar surface area (TPSA) is 77.9 Å². The van der Waals surface area contributed by atoms with Crippen LogP contribution in [0.5, 0.6) is 0 Å². The predicted molar refractivity (Wildman–Crippen MR) is 187 cm³/mol. The quantitative estimate of drug-likeness (QED) is 0.185. The van der Waals surface area contributed by atoms with E-state index in [0.29, 0.717) is 48.1 Å². The predicted octanol–water partition coefficient (Wildman–Crippen LogP) is 7.79. The van der Waals surface area contributed by atoms with Crippen LogP contribution < -0.4 is 5.32 Å². The van der Waals surface area contributed by atoms with Crippen LogP contribution >= 0.6 is 11.6 Å². The summed E-state index contributed by atoms with van der Waals surface area (Å²) in [6.45, 7) is 12.1. The third-order valence-corrected chi connectivity index (χ3v) is 9.01. The van der Waals surface area contributed by atoms with Gasteiger partial charge in [0, 0.05) is 43.1 Å². The largest absolute Gasteiger partial charge is 0.450 e. The van der Waals surface area contributed by atoms with Crippen molar-refractivity contribution in [1.82, 2.24) is 20.1 Å². The highest BCUT2D eigenvalue weighted by atomic mass is 35.5. The first kappa shape index (κ1) is 33.2. The van der Waals surface area contributed by atoms with Crippen LogP contribution in [0.15, 0.2) is 97.3 Å². The highest BCUT2D eigenvalue weighted by molar-refractivity contribution is 6.30. The second-order valence-electron chi connectivity index (χ2n) is 11.8. The van der Waals surface area contributed by atoms with Gasteiger partial charge in [-0.15, -0.1) is 0 Å². The van der Waals surface area contributed by atoms with E-state index in [-0.39, 0.29) is 12.1 Å². The summed E-state index contributed by atoms with van der Waals surface area (Å²) in [7, 11) is 1.88. The number of pyridine rings is 1. The molecule has 0 aliphatic carbocycles. The second kappa shape index (κ2) is 14.5. The standard InChI is InChI=1S/C38H43ClN4O3/c1-6-36(42(5)7-2)38(45,28-12-15-30(39)16-13-28)29-14-17-35-34(23-29)33(27-11-9-10-26(4)22-27)24-32(41-35)25-40-31-18-20-43(21-19-31)37(44)46-8-3/h6-7,9-17,22-24,31,40,45H,2,8,18-21,25H2,1,3-5H3/b36-6-. The highest BCUT2D eigenvalue weighted by Gasteiger charge is 2.38. The Hall–Kier alpha value is -4.17. The van der Waals surface area contributed by atoms with Gasteiger partial charge in [0.05, 0.1) is 23.5 Å². The van der Waals surface area contributed by atoms with E-state index >= 15 is 0 Å². The molecule has 7 nitrogen and oxygen atoms in total. The minimum absolute atomic E-state index is 0.236. The van der Waals surface area contributed by atoms with Gasteiger partial charge < -0.3 is 25.0 Å². The molecular formula is C38H43ClN4O3. The van der Waals surface area contributed by atoms with E-state index in [4.69, 9.17) is 21.3 Å². The summed E-state index contributed by atoms with van der Waals surface area (Å²) >= 11 is 6.25. The SMILES string of the molecule is C=CN(C)/C(=C\C)C(O)(c1ccc(Cl)cc1)c1ccc2nc(CNC3CCN(C(=O)OCC)CC3)cc(-c3cccc(C)c3)c2c1. The first-order valence-electron chi connectivity index (χ1n) is 15.8. The van der Waals surface area contributed by atoms with Crippen LogP contribution in [0.3, 0.4) is 0 Å². The zero-order valence-corrected chi connectivity index (χ0v) is 27.8. The second-order valence-corrected chi connectivity index (χ2v) is 12.2. The number of benzene rings is 3. The minimum Gasteiger partial charge on any atom is -0.450 e. The molecule has 1 atom stereocenters. The van der Waals surface area contributed by atoms with Crippen LogP contribution in [0.2, 0.25) is 5.02 Å². The van der Waals surface area contributed by atoms with E-state index in [9.17, 15) is 9.90 Å². The lowest BCUT2D eigenvalue weighted by Gasteiger charge is -2.36. The highest BCUT2D eigenvalue weighted by Crippen LogP contribution is 2.41. The van der Waals surface area contributed by atoms with Gasteiger partial charge in [0.2, 0.25) is 0 Å². The Bertz CT molecular complexity index is 1730. The number of likely N-dealkylation sites (N-methyl/N-ethyl adjacent to an activating group) is 1. The van der Waals surface area contributed by atoms with E-state index in [1.54, 1.807) is 23.2 Å². The molecule has 0 spiro atoms. The first-order valence-corrected chi connectivity index (χ1v) is 16.2. The zero-order chi connectivity index (χ0) is 32.8. The summed E-state index contributed by atoms with van der Waals surface area (Å²) in [5, 5.41) is 17.9. The number of likely N-dealkylation sites (tertiary alicyclic amines) is 1. The maximum atomic E-state index is 12.7. The monoisotopic (exact) mass is 638 g/mol. The van der Waals surface area contributed by atoms with E-state index in [1.165, 1.54) is 0 Å². The number of carbonyl (C=O) groups is 1. The number of ether oxygens (including phenoxy) is 1. The number of nitrogens with one attached hydrogen (secondary N) is 1. The van der Waals surface area contributed by atoms with Crippen LogP contribution in [0.25, 0.3) is 22.0 Å². The molecule has 8 heteroatoms. The number of amides is 1. The normalized spacial score (nSPS) is 15.4. The number of nitrogens with zero attached hydrogens (tertiary/aromatic N) is 3. The van der Waals surface area contributed by atoms with E-state index in [0.717, 1.165) is 46.1 Å². The Morgan fingerprint density at radius 1 is 1.13 bits per heavy atom. The van der Waals surface area contributed by atoms with Gasteiger partial charge in [-0.1, -0.05) is 72.3 Å². The van der Waals surface area contributed by atoms with E-state index in [1.807, 2.05) is 56.1 Å². The molecule has 1 amide bonds. The Balaban J connectivity index is 1.55. The average Bonchev–Trinajstić information content (AvgIpc) is 3.07. The lowest BCUT2D eigenvalue weighted by Crippen LogP contribution is -2.45. The Labute approximate surface area is 277 Å². The van der Waals surface area contributed by atoms with Crippen molar-refractivity contribution in [2.75, 3.05) is 26.7 Å². The van der Waals surface area contributed by atoms with Crippen LogP contribution in [-0.2, 0) is 16.9 Å². The van der Waals surface area contributed by atoms with Gasteiger partial charge >= 0.3 is 6.09 Å². The van der Waals surface area contributed by atoms with Crippen molar-refractivity contribution in [1.29, 1.82) is 0 Å². The molecule has 5 rings (SSSR count). The zero-order valence-electron chi connectivity index (χ0n) is 27.1. The molecule has 240 valence electrons. The molecule has 0 saturated carbocycles. The fourth-order valence-corrected chi connectivity index (χ4v) is 6.42. The molecule has 0 bridgehead atoms. The Kier molecular flexibility index (Phi) is 10.5. The fourth-order valence-electron chi connectivity index (χ4n) is 6.30. The number of hydrogen-bond acceptors (Lipinski definition) is 6. The molecular weight excluding hydrogens is 596 g/mol. The van der Waals surface area contributed by atoms with Crippen LogP contribution in [0.4, 0.5) is 4.79 Å². The summed E-state index contributed by atoms with van der Waals surface area (Å²) in [5.41, 5.74) is 5.64. The van der Waals surface area contributed by atoms with Crippen molar-refractivity contribution in [3.63, 3.8) is 0 Å². The number of aromatic nitrogens is 1. The lowest BCUT2D eigenvalue weighted by molar-refractivity contribution is 0.0948. The number of piperidine rings is 1. The number of aryl methyl sites for hydroxylation is 1. The smallest absolute Gasteiger partial charge is 0.409 e. The molecule has 3 aromatic carbocycles. The summed E-state index contributed by atoms with van der Waals surface area (Å²) < 4.78 is 5.17. The first-order chi connectivity index (χ1) is 22.2. The summed E-state index contributed by atoms with van der Waals surface area (Å²) in [4.78, 5) is 20.8. The lowest BCUT2D eigenvalue weighted by atomic mass is 9.81. The Morgan fingerprint density at radius 3 is 2.50 bits per heavy atom. The molecule has 0 radical (unpaired) electrons. The average molecular weight is 639 g/mol. The number of aliphatic hydroxyl groups is 1. The van der Waals surface area contributed by atoms with Crippen molar-refractivity contribution in [3.05, 3.63) is 125 Å². The van der Waals surface area contributed by atoms with Gasteiger partial charge in [0.15, 0.2) is 5.60 Å². The fraction of sp³-hybridized carbons (Fsp3) is 0.316. The van der Waals surface area contributed by atoms with Gasteiger partial charge in [-0.2, -0.15) is 0 Å². The van der Waals surface area contributed by atoms with Crippen molar-refractivity contribution in [2.24, 2.45) is 0 Å². The summed E-state index contributed by atoms with van der Waals surface area (Å²) in [6.07, 6.45) is 5.08. The number of halogens is 1. The minimum atomic E-state index is -1.49. The maximum absolute atomic E-state index is 12.7. The third kappa shape index (κ3) is 6.97. The number of rotatable bonds is 10. The van der Waals surface area contributed by atoms with Crippen LogP contribution in [0, 0.1) is 6.92 Å². The van der Waals surface area contributed by atoms with Crippen molar-refractivity contribution >= 4 is 28.6 Å². The molecule has 1 fully saturated rings. The van der Waals surface area contributed by atoms with E-state index in [2.05, 4.69) is 55.2 Å². The van der Waals surface area contributed by atoms with Crippen LogP contribution in [-0.4, -0.2) is 58.8 Å². The van der Waals surface area contributed by atoms with E-state index < -0.39 is 5.60 Å². The molecule has 2 heterocycles. The third-order valence-electron chi connectivity index (χ3n) is 8.76. The molecule has 2 N–H and O–H groups in total. The Morgan fingerprint density at radius 2 is 1.85 bits per heavy atom. The summed E-state index contributed by atoms with van der Waals surface area (Å²) in [6, 6.07) is 24.2. The number of hydrogen-bond donors (Lipinski definition) is 2. The molecule has 1 aliphatic heterocycles. The number of fused-ring (bicyclic) bond motifs is 1. The van der Waals surface area contributed by atoms with Crippen molar-refractivity contribution in [2.45, 2.75) is 51.8 Å². The van der Waals surface area contributed by atoms with Gasteiger partial charge in [-0.05, 0) is 92.4 Å². The van der Waals surface area contributed by atoms with Gasteiger partial charge in [0.1, 0.15) is 0 Å². The number of allylic oxidation sites excluding steroid dienone is 1. The molecule has 1 unspecified atom stereocenters. The molecule has 1 aliphatic rings. The maximum Gasteiger partial charge on any atom is 0.409 e. The molecule has 46 heavy (non-hydrogen) atoms. The van der Waals surface area contributed by atoms with Crippen LogP contribution in [0.1, 0.15) is 49.1 Å². The number of carbonyl (C=O) groups excluding carboxylic acids is 1. The molecule has 1 saturated heterocycles. The van der Waals surface area contributed by atoms with Gasteiger partial charge in [-0.25, -0.2) is 4.79 Å².